The average molecular weight is 221 g/mol. The second-order valence-corrected chi connectivity index (χ2v) is 3.41. The highest BCUT2D eigenvalue weighted by Crippen LogP contribution is 2.36. The number of azo groups is 1. The van der Waals surface area contributed by atoms with Crippen molar-refractivity contribution in [2.24, 2.45) is 10.2 Å². The van der Waals surface area contributed by atoms with E-state index in [0.29, 0.717) is 5.82 Å². The first kappa shape index (κ1) is 9.60. The number of rotatable bonds is 2. The smallest absolute Gasteiger partial charge is 0.185 e. The average Bonchev–Trinajstić information content (AvgIpc) is 2.70. The summed E-state index contributed by atoms with van der Waals surface area (Å²) < 4.78 is 0. The Labute approximate surface area is 89.4 Å². The van der Waals surface area contributed by atoms with E-state index in [0.717, 1.165) is 0 Å². The predicted octanol–water partition coefficient (Wildman–Crippen LogP) is 2.97. The standard InChI is InChI=1S/C9H7N3O2S/c13-6-2-1-3-7(14)9(6)12-11-8-4-15-5-10-8/h1-5,13-14H. The molecule has 0 atom stereocenters. The van der Waals surface area contributed by atoms with E-state index in [1.54, 1.807) is 10.9 Å². The molecular weight excluding hydrogens is 214 g/mol. The molecule has 76 valence electrons. The maximum absolute atomic E-state index is 9.39. The van der Waals surface area contributed by atoms with Crippen molar-refractivity contribution in [3.8, 4) is 11.5 Å². The molecule has 2 aromatic rings. The number of phenols is 2. The van der Waals surface area contributed by atoms with Crippen LogP contribution in [-0.4, -0.2) is 15.2 Å². The van der Waals surface area contributed by atoms with E-state index >= 15 is 0 Å². The third-order valence-electron chi connectivity index (χ3n) is 1.67. The SMILES string of the molecule is Oc1cccc(O)c1N=Nc1cscn1. The molecule has 0 aliphatic rings. The Hall–Kier alpha value is -1.95. The van der Waals surface area contributed by atoms with Crippen LogP contribution < -0.4 is 0 Å². The first-order valence-corrected chi connectivity index (χ1v) is 5.02. The monoisotopic (exact) mass is 221 g/mol. The Bertz CT molecular complexity index is 462. The second-order valence-electron chi connectivity index (χ2n) is 2.69. The topological polar surface area (TPSA) is 78.1 Å². The highest BCUT2D eigenvalue weighted by molar-refractivity contribution is 7.07. The maximum atomic E-state index is 9.39. The molecule has 1 aromatic carbocycles. The fraction of sp³-hybridized carbons (Fsp3) is 0. The van der Waals surface area contributed by atoms with Crippen molar-refractivity contribution < 1.29 is 10.2 Å². The van der Waals surface area contributed by atoms with E-state index in [1.165, 1.54) is 29.5 Å². The fourth-order valence-electron chi connectivity index (χ4n) is 0.979. The van der Waals surface area contributed by atoms with Crippen LogP contribution in [0.2, 0.25) is 0 Å². The van der Waals surface area contributed by atoms with Crippen LogP contribution in [0, 0.1) is 0 Å². The van der Waals surface area contributed by atoms with Crippen LogP contribution in [-0.2, 0) is 0 Å². The number of hydrogen-bond donors (Lipinski definition) is 2. The summed E-state index contributed by atoms with van der Waals surface area (Å²) in [7, 11) is 0. The quantitative estimate of drug-likeness (QED) is 0.765. The van der Waals surface area contributed by atoms with Gasteiger partial charge in [0.25, 0.3) is 0 Å². The van der Waals surface area contributed by atoms with Gasteiger partial charge in [0.2, 0.25) is 0 Å². The van der Waals surface area contributed by atoms with Gasteiger partial charge in [-0.3, -0.25) is 0 Å². The first-order valence-electron chi connectivity index (χ1n) is 4.08. The Morgan fingerprint density at radius 3 is 2.47 bits per heavy atom. The summed E-state index contributed by atoms with van der Waals surface area (Å²) >= 11 is 1.39. The van der Waals surface area contributed by atoms with E-state index in [2.05, 4.69) is 15.2 Å². The molecule has 0 aliphatic heterocycles. The number of hydrogen-bond acceptors (Lipinski definition) is 6. The lowest BCUT2D eigenvalue weighted by Crippen LogP contribution is -1.69. The van der Waals surface area contributed by atoms with E-state index in [4.69, 9.17) is 0 Å². The van der Waals surface area contributed by atoms with E-state index in [1.807, 2.05) is 0 Å². The summed E-state index contributed by atoms with van der Waals surface area (Å²) in [6.45, 7) is 0. The Morgan fingerprint density at radius 2 is 1.87 bits per heavy atom. The van der Waals surface area contributed by atoms with Crippen molar-refractivity contribution >= 4 is 22.8 Å². The number of benzene rings is 1. The zero-order valence-corrected chi connectivity index (χ0v) is 8.35. The van der Waals surface area contributed by atoms with E-state index in [9.17, 15) is 10.2 Å². The van der Waals surface area contributed by atoms with Crippen LogP contribution in [0.4, 0.5) is 11.5 Å². The molecule has 15 heavy (non-hydrogen) atoms. The van der Waals surface area contributed by atoms with Crippen molar-refractivity contribution in [3.05, 3.63) is 29.1 Å². The molecule has 0 bridgehead atoms. The molecule has 0 saturated carbocycles. The Kier molecular flexibility index (Phi) is 2.59. The number of nitrogens with zero attached hydrogens (tertiary/aromatic N) is 3. The lowest BCUT2D eigenvalue weighted by atomic mass is 10.3. The molecule has 1 aromatic heterocycles. The second kappa shape index (κ2) is 4.05. The molecule has 0 saturated heterocycles. The van der Waals surface area contributed by atoms with Gasteiger partial charge in [0, 0.05) is 5.38 Å². The van der Waals surface area contributed by atoms with Crippen molar-refractivity contribution in [1.82, 2.24) is 4.98 Å². The van der Waals surface area contributed by atoms with Gasteiger partial charge < -0.3 is 10.2 Å². The summed E-state index contributed by atoms with van der Waals surface area (Å²) in [5, 5.41) is 28.0. The molecule has 0 amide bonds. The molecule has 6 heteroatoms. The van der Waals surface area contributed by atoms with Gasteiger partial charge in [-0.2, -0.15) is 0 Å². The van der Waals surface area contributed by atoms with Crippen molar-refractivity contribution in [2.45, 2.75) is 0 Å². The maximum Gasteiger partial charge on any atom is 0.185 e. The predicted molar refractivity (Wildman–Crippen MR) is 56.1 cm³/mol. The molecule has 2 N–H and O–H groups in total. The van der Waals surface area contributed by atoms with Gasteiger partial charge in [0.15, 0.2) is 11.5 Å². The van der Waals surface area contributed by atoms with Gasteiger partial charge in [-0.05, 0) is 12.1 Å². The summed E-state index contributed by atoms with van der Waals surface area (Å²) in [5.74, 6) is 0.214. The van der Waals surface area contributed by atoms with Gasteiger partial charge in [0.1, 0.15) is 11.5 Å². The zero-order valence-electron chi connectivity index (χ0n) is 7.53. The molecule has 0 aliphatic carbocycles. The molecule has 5 nitrogen and oxygen atoms in total. The minimum absolute atomic E-state index is 0.0468. The van der Waals surface area contributed by atoms with Gasteiger partial charge in [-0.1, -0.05) is 6.07 Å². The first-order chi connectivity index (χ1) is 7.27. The van der Waals surface area contributed by atoms with Gasteiger partial charge in [0.05, 0.1) is 5.51 Å². The van der Waals surface area contributed by atoms with Crippen LogP contribution >= 0.6 is 11.3 Å². The molecular formula is C9H7N3O2S. The van der Waals surface area contributed by atoms with Crippen LogP contribution in [0.3, 0.4) is 0 Å². The Morgan fingerprint density at radius 1 is 1.13 bits per heavy atom. The fourth-order valence-corrected chi connectivity index (χ4v) is 1.44. The normalized spacial score (nSPS) is 10.9. The molecule has 0 fully saturated rings. The zero-order chi connectivity index (χ0) is 10.7. The third-order valence-corrected chi connectivity index (χ3v) is 2.24. The molecule has 0 radical (unpaired) electrons. The highest BCUT2D eigenvalue weighted by atomic mass is 32.1. The van der Waals surface area contributed by atoms with Gasteiger partial charge in [-0.25, -0.2) is 4.98 Å². The minimum atomic E-state index is -0.117. The molecule has 1 heterocycles. The minimum Gasteiger partial charge on any atom is -0.505 e. The number of thiazole rings is 1. The summed E-state index contributed by atoms with van der Waals surface area (Å²) in [6, 6.07) is 4.37. The summed E-state index contributed by atoms with van der Waals surface area (Å²) in [6.07, 6.45) is 0. The number of aromatic hydroxyl groups is 2. The third kappa shape index (κ3) is 2.10. The lowest BCUT2D eigenvalue weighted by molar-refractivity contribution is 0.452. The van der Waals surface area contributed by atoms with Crippen molar-refractivity contribution in [1.29, 1.82) is 0 Å². The summed E-state index contributed by atoms with van der Waals surface area (Å²) in [5.41, 5.74) is 1.67. The molecule has 0 unspecified atom stereocenters. The molecule has 0 spiro atoms. The van der Waals surface area contributed by atoms with Crippen LogP contribution in [0.5, 0.6) is 11.5 Å². The van der Waals surface area contributed by atoms with Crippen molar-refractivity contribution in [2.75, 3.05) is 0 Å². The summed E-state index contributed by atoms with van der Waals surface area (Å²) in [4.78, 5) is 3.89. The van der Waals surface area contributed by atoms with Crippen LogP contribution in [0.15, 0.2) is 39.3 Å². The van der Waals surface area contributed by atoms with Gasteiger partial charge in [-0.15, -0.1) is 21.6 Å². The van der Waals surface area contributed by atoms with Crippen molar-refractivity contribution in [3.63, 3.8) is 0 Å². The van der Waals surface area contributed by atoms with Gasteiger partial charge >= 0.3 is 0 Å². The van der Waals surface area contributed by atoms with Crippen LogP contribution in [0.25, 0.3) is 0 Å². The lowest BCUT2D eigenvalue weighted by Gasteiger charge is -1.98. The van der Waals surface area contributed by atoms with Crippen LogP contribution in [0.1, 0.15) is 0 Å². The highest BCUT2D eigenvalue weighted by Gasteiger charge is 2.04. The largest absolute Gasteiger partial charge is 0.505 e. The Balaban J connectivity index is 2.32. The molecule has 2 rings (SSSR count). The van der Waals surface area contributed by atoms with E-state index in [-0.39, 0.29) is 17.2 Å². The number of aromatic nitrogens is 1. The number of phenolic OH excluding ortho intramolecular Hbond substituents is 2. The van der Waals surface area contributed by atoms with E-state index < -0.39 is 0 Å².